The highest BCUT2D eigenvalue weighted by Crippen LogP contribution is 2.45. The molecular weight excluding hydrogens is 457 g/mol. The number of methoxy groups -OCH3 is 1. The quantitative estimate of drug-likeness (QED) is 0.367. The van der Waals surface area contributed by atoms with Crippen molar-refractivity contribution in [3.63, 3.8) is 0 Å². The normalized spacial score (nSPS) is 21.4. The fourth-order valence-corrected chi connectivity index (χ4v) is 6.03. The van der Waals surface area contributed by atoms with Crippen LogP contribution in [0.3, 0.4) is 0 Å². The third kappa shape index (κ3) is 4.98. The van der Waals surface area contributed by atoms with Gasteiger partial charge in [-0.05, 0) is 80.0 Å². The second-order valence-electron chi connectivity index (χ2n) is 9.66. The Hall–Kier alpha value is -3.32. The van der Waals surface area contributed by atoms with E-state index < -0.39 is 0 Å². The first-order valence-corrected chi connectivity index (χ1v) is 12.7. The molecular formula is C29H32FN3O3. The smallest absolute Gasteiger partial charge is 0.183 e. The van der Waals surface area contributed by atoms with Gasteiger partial charge >= 0.3 is 0 Å². The minimum absolute atomic E-state index is 0.0923. The first kappa shape index (κ1) is 24.4. The average molecular weight is 490 g/mol. The van der Waals surface area contributed by atoms with E-state index in [-0.39, 0.29) is 11.6 Å². The zero-order valence-electron chi connectivity index (χ0n) is 20.8. The van der Waals surface area contributed by atoms with Gasteiger partial charge in [-0.15, -0.1) is 0 Å². The number of fused-ring (bicyclic) bond motifs is 1. The number of rotatable bonds is 9. The summed E-state index contributed by atoms with van der Waals surface area (Å²) < 4.78 is 25.3. The van der Waals surface area contributed by atoms with Crippen molar-refractivity contribution in [1.29, 1.82) is 0 Å². The molecule has 6 nitrogen and oxygen atoms in total. The number of ether oxygens (including phenoxy) is 2. The molecule has 1 saturated carbocycles. The predicted molar refractivity (Wildman–Crippen MR) is 136 cm³/mol. The standard InChI is InChI=1S/C29H32FN3O3/c1-3-36-28-15-19(14-27(35-2)29(28)20-4-7-22(30)8-5-20)18-33-13-10-23-21(6-9-25(23)33)16-26(34)24-17-31-11-12-32-24/h4-5,7-8,11-12,14-15,17,21,23,25H,3,6,9-10,13,16,18H2,1-2H3/t21?,23-,25+/m0/s1. The Kier molecular flexibility index (Phi) is 7.28. The summed E-state index contributed by atoms with van der Waals surface area (Å²) in [6.07, 6.45) is 8.55. The summed E-state index contributed by atoms with van der Waals surface area (Å²) in [5, 5.41) is 0. The molecule has 0 N–H and O–H groups in total. The molecule has 0 amide bonds. The Morgan fingerprint density at radius 2 is 1.92 bits per heavy atom. The number of carbonyl (C=O) groups excluding carboxylic acids is 1. The molecule has 5 rings (SSSR count). The minimum atomic E-state index is -0.274. The summed E-state index contributed by atoms with van der Waals surface area (Å²) in [4.78, 5) is 23.5. The van der Waals surface area contributed by atoms with Gasteiger partial charge in [-0.3, -0.25) is 14.7 Å². The molecule has 36 heavy (non-hydrogen) atoms. The number of carbonyl (C=O) groups is 1. The number of likely N-dealkylation sites (tertiary alicyclic amines) is 1. The molecule has 1 unspecified atom stereocenters. The highest BCUT2D eigenvalue weighted by molar-refractivity contribution is 5.94. The van der Waals surface area contributed by atoms with E-state index in [0.717, 1.165) is 60.5 Å². The van der Waals surface area contributed by atoms with Gasteiger partial charge in [-0.25, -0.2) is 9.37 Å². The molecule has 1 saturated heterocycles. The molecule has 7 heteroatoms. The van der Waals surface area contributed by atoms with E-state index in [0.29, 0.717) is 36.6 Å². The maximum atomic E-state index is 13.5. The lowest BCUT2D eigenvalue weighted by Crippen LogP contribution is -2.30. The van der Waals surface area contributed by atoms with Crippen molar-refractivity contribution < 1.29 is 18.7 Å². The van der Waals surface area contributed by atoms with Crippen LogP contribution in [0.25, 0.3) is 11.1 Å². The van der Waals surface area contributed by atoms with E-state index in [1.807, 2.05) is 6.92 Å². The summed E-state index contributed by atoms with van der Waals surface area (Å²) >= 11 is 0. The van der Waals surface area contributed by atoms with Crippen molar-refractivity contribution in [3.05, 3.63) is 72.1 Å². The second-order valence-corrected chi connectivity index (χ2v) is 9.66. The van der Waals surface area contributed by atoms with Gasteiger partial charge < -0.3 is 9.47 Å². The topological polar surface area (TPSA) is 64.5 Å². The summed E-state index contributed by atoms with van der Waals surface area (Å²) in [6, 6.07) is 11.0. The molecule has 0 radical (unpaired) electrons. The van der Waals surface area contributed by atoms with Crippen LogP contribution in [0, 0.1) is 17.7 Å². The number of aromatic nitrogens is 2. The van der Waals surface area contributed by atoms with Crippen molar-refractivity contribution in [1.82, 2.24) is 14.9 Å². The van der Waals surface area contributed by atoms with Gasteiger partial charge in [0.15, 0.2) is 5.78 Å². The zero-order chi connectivity index (χ0) is 25.1. The van der Waals surface area contributed by atoms with E-state index in [1.54, 1.807) is 37.8 Å². The van der Waals surface area contributed by atoms with Gasteiger partial charge in [-0.2, -0.15) is 0 Å². The lowest BCUT2D eigenvalue weighted by molar-refractivity contribution is 0.0943. The van der Waals surface area contributed by atoms with E-state index in [9.17, 15) is 9.18 Å². The van der Waals surface area contributed by atoms with Crippen molar-refractivity contribution in [2.45, 2.75) is 45.2 Å². The van der Waals surface area contributed by atoms with Gasteiger partial charge in [0.1, 0.15) is 23.0 Å². The Bertz CT molecular complexity index is 1200. The van der Waals surface area contributed by atoms with Crippen molar-refractivity contribution in [3.8, 4) is 22.6 Å². The molecule has 3 aromatic rings. The van der Waals surface area contributed by atoms with Crippen LogP contribution in [0.5, 0.6) is 11.5 Å². The molecule has 3 atom stereocenters. The fourth-order valence-electron chi connectivity index (χ4n) is 6.03. The van der Waals surface area contributed by atoms with Crippen molar-refractivity contribution in [2.75, 3.05) is 20.3 Å². The third-order valence-corrected chi connectivity index (χ3v) is 7.61. The molecule has 0 spiro atoms. The molecule has 1 aromatic heterocycles. The highest BCUT2D eigenvalue weighted by atomic mass is 19.1. The monoisotopic (exact) mass is 489 g/mol. The van der Waals surface area contributed by atoms with Crippen molar-refractivity contribution in [2.24, 2.45) is 11.8 Å². The Morgan fingerprint density at radius 1 is 1.11 bits per heavy atom. The van der Waals surface area contributed by atoms with E-state index >= 15 is 0 Å². The maximum absolute atomic E-state index is 13.5. The highest BCUT2D eigenvalue weighted by Gasteiger charge is 2.44. The van der Waals surface area contributed by atoms with Crippen LogP contribution in [0.15, 0.2) is 55.0 Å². The van der Waals surface area contributed by atoms with Gasteiger partial charge in [-0.1, -0.05) is 12.1 Å². The zero-order valence-corrected chi connectivity index (χ0v) is 20.8. The number of nitrogens with zero attached hydrogens (tertiary/aromatic N) is 3. The molecule has 2 heterocycles. The predicted octanol–water partition coefficient (Wildman–Crippen LogP) is 5.56. The van der Waals surface area contributed by atoms with Crippen LogP contribution in [0.4, 0.5) is 4.39 Å². The van der Waals surface area contributed by atoms with E-state index in [1.165, 1.54) is 12.1 Å². The summed E-state index contributed by atoms with van der Waals surface area (Å²) in [6.45, 7) is 4.29. The molecule has 1 aliphatic heterocycles. The number of hydrogen-bond acceptors (Lipinski definition) is 6. The Balaban J connectivity index is 1.32. The lowest BCUT2D eigenvalue weighted by atomic mass is 9.88. The van der Waals surface area contributed by atoms with E-state index in [4.69, 9.17) is 9.47 Å². The number of hydrogen-bond donors (Lipinski definition) is 0. The molecule has 188 valence electrons. The lowest BCUT2D eigenvalue weighted by Gasteiger charge is -2.25. The summed E-state index contributed by atoms with van der Waals surface area (Å²) in [7, 11) is 1.66. The molecule has 2 aliphatic rings. The van der Waals surface area contributed by atoms with Crippen LogP contribution in [0.1, 0.15) is 48.7 Å². The summed E-state index contributed by atoms with van der Waals surface area (Å²) in [5.41, 5.74) is 3.29. The third-order valence-electron chi connectivity index (χ3n) is 7.61. The Labute approximate surface area is 211 Å². The summed E-state index contributed by atoms with van der Waals surface area (Å²) in [5.74, 6) is 2.20. The molecule has 2 aromatic carbocycles. The maximum Gasteiger partial charge on any atom is 0.183 e. The van der Waals surface area contributed by atoms with Gasteiger partial charge in [0.25, 0.3) is 0 Å². The van der Waals surface area contributed by atoms with Gasteiger partial charge in [0.05, 0.1) is 25.5 Å². The first-order valence-electron chi connectivity index (χ1n) is 12.7. The number of benzene rings is 2. The Morgan fingerprint density at radius 3 is 2.64 bits per heavy atom. The SMILES string of the molecule is CCOc1cc(CN2CC[C@H]3C(CC(=O)c4cnccn4)CC[C@H]32)cc(OC)c1-c1ccc(F)cc1. The average Bonchev–Trinajstić information content (AvgIpc) is 3.48. The van der Waals surface area contributed by atoms with Crippen LogP contribution >= 0.6 is 0 Å². The van der Waals surface area contributed by atoms with Gasteiger partial charge in [0.2, 0.25) is 0 Å². The van der Waals surface area contributed by atoms with Crippen LogP contribution < -0.4 is 9.47 Å². The van der Waals surface area contributed by atoms with Gasteiger partial charge in [0, 0.05) is 31.4 Å². The molecule has 0 bridgehead atoms. The number of ketones is 1. The number of halogens is 1. The van der Waals surface area contributed by atoms with E-state index in [2.05, 4.69) is 27.0 Å². The molecule has 2 fully saturated rings. The second kappa shape index (κ2) is 10.7. The number of Topliss-reactive ketones (excluding diaryl/α,β-unsaturated/α-hetero) is 1. The van der Waals surface area contributed by atoms with Crippen LogP contribution in [0.2, 0.25) is 0 Å². The fraction of sp³-hybridized carbons (Fsp3) is 0.414. The minimum Gasteiger partial charge on any atom is -0.496 e. The first-order chi connectivity index (χ1) is 17.6. The van der Waals surface area contributed by atoms with Crippen molar-refractivity contribution >= 4 is 5.78 Å². The van der Waals surface area contributed by atoms with Crippen LogP contribution in [-0.2, 0) is 6.54 Å². The largest absolute Gasteiger partial charge is 0.496 e. The van der Waals surface area contributed by atoms with Crippen LogP contribution in [-0.4, -0.2) is 47.0 Å². The molecule has 1 aliphatic carbocycles.